The molecule has 0 bridgehead atoms. The maximum absolute atomic E-state index is 6.20. The number of aromatic nitrogens is 4. The second kappa shape index (κ2) is 10.6. The van der Waals surface area contributed by atoms with E-state index in [1.54, 1.807) is 6.20 Å². The predicted molar refractivity (Wildman–Crippen MR) is 131 cm³/mol. The summed E-state index contributed by atoms with van der Waals surface area (Å²) in [6, 6.07) is 6.93. The van der Waals surface area contributed by atoms with Gasteiger partial charge in [-0.3, -0.25) is 0 Å². The molecule has 3 aromatic rings. The number of anilines is 2. The summed E-state index contributed by atoms with van der Waals surface area (Å²) < 4.78 is 5.17. The van der Waals surface area contributed by atoms with E-state index in [0.29, 0.717) is 29.1 Å². The van der Waals surface area contributed by atoms with Gasteiger partial charge in [-0.15, -0.1) is 0 Å². The number of rotatable bonds is 9. The summed E-state index contributed by atoms with van der Waals surface area (Å²) in [5.41, 5.74) is 1.90. The predicted octanol–water partition coefficient (Wildman–Crippen LogP) is 3.69. The fourth-order valence-electron chi connectivity index (χ4n) is 4.40. The van der Waals surface area contributed by atoms with E-state index in [1.807, 2.05) is 30.6 Å². The highest BCUT2D eigenvalue weighted by Gasteiger charge is 2.22. The van der Waals surface area contributed by atoms with Crippen molar-refractivity contribution in [3.8, 4) is 0 Å². The van der Waals surface area contributed by atoms with E-state index in [9.17, 15) is 0 Å². The first-order valence-corrected chi connectivity index (χ1v) is 12.1. The molecule has 2 aliphatic rings. The lowest BCUT2D eigenvalue weighted by molar-refractivity contribution is -0.00467. The molecule has 0 amide bonds. The summed E-state index contributed by atoms with van der Waals surface area (Å²) in [5, 5.41) is 11.9. The second-order valence-electron chi connectivity index (χ2n) is 8.97. The summed E-state index contributed by atoms with van der Waals surface area (Å²) >= 11 is 6.20. The minimum Gasteiger partial charge on any atom is -0.378 e. The Morgan fingerprint density at radius 2 is 1.79 bits per heavy atom. The maximum Gasteiger partial charge on any atom is 0.222 e. The highest BCUT2D eigenvalue weighted by atomic mass is 35.5. The second-order valence-corrected chi connectivity index (χ2v) is 9.32. The minimum atomic E-state index is 0.428. The number of fused-ring (bicyclic) bond motifs is 1. The van der Waals surface area contributed by atoms with Gasteiger partial charge in [0.05, 0.1) is 19.3 Å². The Labute approximate surface area is 198 Å². The molecule has 1 aliphatic carbocycles. The molecule has 9 heteroatoms. The Hall–Kier alpha value is -2.55. The number of nitrogens with zero attached hydrogens (tertiary/aromatic N) is 4. The molecule has 174 valence electrons. The van der Waals surface area contributed by atoms with Crippen molar-refractivity contribution >= 4 is 34.3 Å². The van der Waals surface area contributed by atoms with Crippen LogP contribution in [0.15, 0.2) is 36.8 Å². The van der Waals surface area contributed by atoms with Crippen LogP contribution in [0, 0.1) is 5.92 Å². The first-order valence-electron chi connectivity index (χ1n) is 11.8. The fraction of sp³-hybridized carbons (Fsp3) is 0.500. The lowest BCUT2D eigenvalue weighted by Crippen LogP contribution is -2.46. The Kier molecular flexibility index (Phi) is 7.14. The first kappa shape index (κ1) is 22.3. The van der Waals surface area contributed by atoms with E-state index in [2.05, 4.69) is 35.9 Å². The van der Waals surface area contributed by atoms with Crippen molar-refractivity contribution in [1.29, 1.82) is 0 Å². The molecule has 1 aliphatic heterocycles. The normalized spacial score (nSPS) is 21.0. The summed E-state index contributed by atoms with van der Waals surface area (Å²) in [7, 11) is 0. The summed E-state index contributed by atoms with van der Waals surface area (Å²) in [4.78, 5) is 17.8. The maximum atomic E-state index is 6.20. The standard InChI is InChI=1S/C24H30ClN7O/c25-23-22-18(8-10-27-23)3-6-21(32-22)31-19-4-1-16(2-5-19)11-28-24-29-12-17(13-30-24)7-9-26-20-14-33-15-20/h3,6,8,10,12-13,16,19-20,26H,1-2,4-5,7,9,11,14-15H2,(H,31,32)(H,28,29,30)/t16-,19-. The van der Waals surface area contributed by atoms with Crippen LogP contribution in [0.4, 0.5) is 11.8 Å². The van der Waals surface area contributed by atoms with E-state index < -0.39 is 0 Å². The van der Waals surface area contributed by atoms with E-state index in [1.165, 1.54) is 0 Å². The van der Waals surface area contributed by atoms with Gasteiger partial charge in [-0.05, 0) is 68.3 Å². The summed E-state index contributed by atoms with van der Waals surface area (Å²) in [5.74, 6) is 2.21. The summed E-state index contributed by atoms with van der Waals surface area (Å²) in [6.07, 6.45) is 11.0. The summed E-state index contributed by atoms with van der Waals surface area (Å²) in [6.45, 7) is 3.49. The first-order chi connectivity index (χ1) is 16.2. The van der Waals surface area contributed by atoms with Gasteiger partial charge in [0.1, 0.15) is 11.3 Å². The van der Waals surface area contributed by atoms with Gasteiger partial charge < -0.3 is 20.7 Å². The van der Waals surface area contributed by atoms with Crippen LogP contribution in [-0.2, 0) is 11.2 Å². The molecule has 3 aromatic heterocycles. The third kappa shape index (κ3) is 5.88. The van der Waals surface area contributed by atoms with Crippen LogP contribution in [0.3, 0.4) is 0 Å². The highest BCUT2D eigenvalue weighted by Crippen LogP contribution is 2.27. The molecule has 0 radical (unpaired) electrons. The van der Waals surface area contributed by atoms with Gasteiger partial charge in [0.15, 0.2) is 5.15 Å². The molecule has 0 aromatic carbocycles. The van der Waals surface area contributed by atoms with Crippen LogP contribution < -0.4 is 16.0 Å². The zero-order valence-corrected chi connectivity index (χ0v) is 19.4. The van der Waals surface area contributed by atoms with Crippen molar-refractivity contribution in [2.45, 2.75) is 44.2 Å². The van der Waals surface area contributed by atoms with Crippen LogP contribution in [0.1, 0.15) is 31.2 Å². The van der Waals surface area contributed by atoms with Gasteiger partial charge in [-0.2, -0.15) is 0 Å². The quantitative estimate of drug-likeness (QED) is 0.410. The smallest absolute Gasteiger partial charge is 0.222 e. The lowest BCUT2D eigenvalue weighted by atomic mass is 9.86. The highest BCUT2D eigenvalue weighted by molar-refractivity contribution is 6.33. The van der Waals surface area contributed by atoms with Crippen molar-refractivity contribution in [3.63, 3.8) is 0 Å². The lowest BCUT2D eigenvalue weighted by Gasteiger charge is -2.29. The number of nitrogens with one attached hydrogen (secondary N) is 3. The molecule has 0 unspecified atom stereocenters. The zero-order chi connectivity index (χ0) is 22.5. The third-order valence-corrected chi connectivity index (χ3v) is 6.78. The van der Waals surface area contributed by atoms with Crippen molar-refractivity contribution in [3.05, 3.63) is 47.5 Å². The Morgan fingerprint density at radius 3 is 2.55 bits per heavy atom. The van der Waals surface area contributed by atoms with Crippen molar-refractivity contribution < 1.29 is 4.74 Å². The number of pyridine rings is 2. The van der Waals surface area contributed by atoms with E-state index in [-0.39, 0.29) is 0 Å². The molecule has 4 heterocycles. The molecule has 1 saturated heterocycles. The molecular weight excluding hydrogens is 438 g/mol. The third-order valence-electron chi connectivity index (χ3n) is 6.50. The minimum absolute atomic E-state index is 0.428. The van der Waals surface area contributed by atoms with Crippen LogP contribution >= 0.6 is 11.6 Å². The van der Waals surface area contributed by atoms with Crippen LogP contribution in [0.2, 0.25) is 5.15 Å². The van der Waals surface area contributed by atoms with Gasteiger partial charge in [-0.1, -0.05) is 11.6 Å². The average molecular weight is 468 g/mol. The van der Waals surface area contributed by atoms with Gasteiger partial charge >= 0.3 is 0 Å². The molecule has 1 saturated carbocycles. The molecule has 2 fully saturated rings. The number of hydrogen-bond donors (Lipinski definition) is 3. The molecule has 8 nitrogen and oxygen atoms in total. The molecule has 33 heavy (non-hydrogen) atoms. The monoisotopic (exact) mass is 467 g/mol. The Morgan fingerprint density at radius 1 is 0.970 bits per heavy atom. The molecule has 0 spiro atoms. The zero-order valence-electron chi connectivity index (χ0n) is 18.6. The SMILES string of the molecule is Clc1nccc2ccc(N[C@H]3CC[C@H](CNc4ncc(CCNC5COC5)cn4)CC3)nc12. The van der Waals surface area contributed by atoms with Crippen molar-refractivity contribution in [1.82, 2.24) is 25.3 Å². The van der Waals surface area contributed by atoms with E-state index in [4.69, 9.17) is 16.3 Å². The van der Waals surface area contributed by atoms with E-state index in [0.717, 1.165) is 80.7 Å². The largest absolute Gasteiger partial charge is 0.378 e. The average Bonchev–Trinajstić information content (AvgIpc) is 2.81. The Bertz CT molecular complexity index is 1050. The molecule has 3 N–H and O–H groups in total. The topological polar surface area (TPSA) is 96.9 Å². The number of halogens is 1. The molecular formula is C24H30ClN7O. The van der Waals surface area contributed by atoms with Crippen LogP contribution in [0.5, 0.6) is 0 Å². The number of hydrogen-bond acceptors (Lipinski definition) is 8. The molecule has 5 rings (SSSR count). The van der Waals surface area contributed by atoms with Crippen LogP contribution in [-0.4, -0.2) is 58.3 Å². The Balaban J connectivity index is 1.03. The molecule has 0 atom stereocenters. The van der Waals surface area contributed by atoms with Crippen LogP contribution in [0.25, 0.3) is 10.9 Å². The van der Waals surface area contributed by atoms with E-state index >= 15 is 0 Å². The van der Waals surface area contributed by atoms with Gasteiger partial charge in [-0.25, -0.2) is 19.9 Å². The van der Waals surface area contributed by atoms with Crippen molar-refractivity contribution in [2.24, 2.45) is 5.92 Å². The van der Waals surface area contributed by atoms with Gasteiger partial charge in [0.25, 0.3) is 0 Å². The van der Waals surface area contributed by atoms with Crippen molar-refractivity contribution in [2.75, 3.05) is 36.9 Å². The van der Waals surface area contributed by atoms with Gasteiger partial charge in [0.2, 0.25) is 5.95 Å². The number of ether oxygens (including phenoxy) is 1. The van der Waals surface area contributed by atoms with Gasteiger partial charge in [0, 0.05) is 36.6 Å². The fourth-order valence-corrected chi connectivity index (χ4v) is 4.61.